The molecule has 0 radical (unpaired) electrons. The minimum absolute atomic E-state index is 1.07. The van der Waals surface area contributed by atoms with Gasteiger partial charge in [0.05, 0.1) is 22.9 Å². The number of rotatable bonds is 0. The van der Waals surface area contributed by atoms with Crippen LogP contribution in [0.4, 0.5) is 0 Å². The Morgan fingerprint density at radius 1 is 1.75 bits per heavy atom. The van der Waals surface area contributed by atoms with Crippen molar-refractivity contribution < 1.29 is 0 Å². The highest BCUT2D eigenvalue weighted by Crippen LogP contribution is 2.09. The predicted octanol–water partition coefficient (Wildman–Crippen LogP) is 2.11. The van der Waals surface area contributed by atoms with Gasteiger partial charge in [-0.2, -0.15) is 0 Å². The van der Waals surface area contributed by atoms with Gasteiger partial charge in [-0.25, -0.2) is 0 Å². The molecule has 0 bridgehead atoms. The van der Waals surface area contributed by atoms with Crippen molar-refractivity contribution in [3.05, 3.63) is 23.9 Å². The molecule has 0 amide bonds. The summed E-state index contributed by atoms with van der Waals surface area (Å²) in [5.41, 5.74) is 1.42. The fourth-order valence-corrected chi connectivity index (χ4v) is 1.37. The van der Waals surface area contributed by atoms with Crippen LogP contribution in [0.5, 0.6) is 0 Å². The summed E-state index contributed by atoms with van der Waals surface area (Å²) in [6.45, 7) is 3.20. The average Bonchev–Trinajstić information content (AvgIpc) is 1.64. The van der Waals surface area contributed by atoms with Crippen molar-refractivity contribution in [1.29, 1.82) is 0 Å². The van der Waals surface area contributed by atoms with Gasteiger partial charge in [0.2, 0.25) is 0 Å². The van der Waals surface area contributed by atoms with Gasteiger partial charge in [-0.05, 0) is 13.0 Å². The fraction of sp³-hybridized carbons (Fsp3) is 0.333. The van der Waals surface area contributed by atoms with Gasteiger partial charge in [0.25, 0.3) is 0 Å². The van der Waals surface area contributed by atoms with E-state index in [-0.39, 0.29) is 0 Å². The lowest BCUT2D eigenvalue weighted by atomic mass is 10.2. The highest BCUT2D eigenvalue weighted by Gasteiger charge is 1.96. The smallest absolute Gasteiger partial charge is 0.0589 e. The summed E-state index contributed by atoms with van der Waals surface area (Å²) < 4.78 is 2.13. The van der Waals surface area contributed by atoms with Crippen molar-refractivity contribution >= 4 is 22.9 Å². The molecule has 0 unspecified atom stereocenters. The first-order valence-corrected chi connectivity index (χ1v) is 3.52. The Balaban J connectivity index is 2.59. The molecule has 1 aliphatic rings. The molecule has 1 rings (SSSR count). The van der Waals surface area contributed by atoms with E-state index in [0.717, 1.165) is 6.54 Å². The van der Waals surface area contributed by atoms with E-state index in [0.29, 0.717) is 0 Å². The van der Waals surface area contributed by atoms with Crippen molar-refractivity contribution in [2.75, 3.05) is 6.54 Å². The van der Waals surface area contributed by atoms with E-state index < -0.39 is 0 Å². The third-order valence-corrected chi connectivity index (χ3v) is 1.69. The predicted molar refractivity (Wildman–Crippen MR) is 43.6 cm³/mol. The maximum Gasteiger partial charge on any atom is 0.0589 e. The first kappa shape index (κ1) is 6.13. The summed E-state index contributed by atoms with van der Waals surface area (Å²) in [6.07, 6.45) is 6.26. The summed E-state index contributed by atoms with van der Waals surface area (Å²) in [7, 11) is 0. The minimum atomic E-state index is 1.07. The van der Waals surface area contributed by atoms with Crippen molar-refractivity contribution in [2.24, 2.45) is 0 Å². The topological polar surface area (TPSA) is 3.24 Å². The largest absolute Gasteiger partial charge is 0.318 e. The summed E-state index contributed by atoms with van der Waals surface area (Å²) in [5, 5.41) is 0. The minimum Gasteiger partial charge on any atom is -0.318 e. The van der Waals surface area contributed by atoms with E-state index in [9.17, 15) is 0 Å². The van der Waals surface area contributed by atoms with Crippen LogP contribution in [0.2, 0.25) is 0 Å². The number of hydrogen-bond acceptors (Lipinski definition) is 1. The van der Waals surface area contributed by atoms with E-state index in [1.807, 2.05) is 0 Å². The summed E-state index contributed by atoms with van der Waals surface area (Å²) in [6, 6.07) is 0. The van der Waals surface area contributed by atoms with Gasteiger partial charge in [-0.1, -0.05) is 11.6 Å². The number of halogens is 1. The summed E-state index contributed by atoms with van der Waals surface area (Å²) in [4.78, 5) is 0. The Morgan fingerprint density at radius 3 is 2.88 bits per heavy atom. The highest BCUT2D eigenvalue weighted by atomic mass is 127. The molecule has 0 aliphatic carbocycles. The molecule has 1 heterocycles. The third kappa shape index (κ3) is 1.51. The van der Waals surface area contributed by atoms with Crippen LogP contribution in [-0.4, -0.2) is 9.66 Å². The fourth-order valence-electron chi connectivity index (χ4n) is 0.644. The van der Waals surface area contributed by atoms with E-state index in [1.165, 1.54) is 5.57 Å². The van der Waals surface area contributed by atoms with Gasteiger partial charge < -0.3 is 3.11 Å². The molecule has 44 valence electrons. The first-order valence-electron chi connectivity index (χ1n) is 2.55. The normalized spacial score (nSPS) is 18.8. The van der Waals surface area contributed by atoms with Gasteiger partial charge in [-0.3, -0.25) is 0 Å². The zero-order valence-electron chi connectivity index (χ0n) is 4.76. The summed E-state index contributed by atoms with van der Waals surface area (Å²) in [5.74, 6) is 0. The van der Waals surface area contributed by atoms with Crippen molar-refractivity contribution in [3.8, 4) is 0 Å². The third-order valence-electron chi connectivity index (χ3n) is 1.03. The monoisotopic (exact) mass is 221 g/mol. The lowest BCUT2D eigenvalue weighted by Gasteiger charge is -2.13. The lowest BCUT2D eigenvalue weighted by molar-refractivity contribution is 0.714. The van der Waals surface area contributed by atoms with Crippen LogP contribution in [0.15, 0.2) is 23.9 Å². The Hall–Kier alpha value is 0.0100. The van der Waals surface area contributed by atoms with E-state index in [4.69, 9.17) is 0 Å². The second-order valence-electron chi connectivity index (χ2n) is 1.91. The van der Waals surface area contributed by atoms with Crippen LogP contribution >= 0.6 is 22.9 Å². The van der Waals surface area contributed by atoms with Gasteiger partial charge >= 0.3 is 0 Å². The van der Waals surface area contributed by atoms with Gasteiger partial charge in [0, 0.05) is 12.7 Å². The lowest BCUT2D eigenvalue weighted by Crippen LogP contribution is -2.08. The van der Waals surface area contributed by atoms with Crippen LogP contribution in [-0.2, 0) is 0 Å². The van der Waals surface area contributed by atoms with Crippen LogP contribution in [0.25, 0.3) is 0 Å². The van der Waals surface area contributed by atoms with Crippen LogP contribution in [0.1, 0.15) is 6.92 Å². The molecule has 0 saturated heterocycles. The molecule has 0 aromatic rings. The van der Waals surface area contributed by atoms with Crippen molar-refractivity contribution in [2.45, 2.75) is 6.92 Å². The molecular formula is C6H8IN. The molecule has 8 heavy (non-hydrogen) atoms. The molecule has 0 aromatic heterocycles. The average molecular weight is 221 g/mol. The first-order chi connectivity index (χ1) is 3.79. The number of allylic oxidation sites excluding steroid dienone is 2. The van der Waals surface area contributed by atoms with Gasteiger partial charge in [0.15, 0.2) is 0 Å². The molecule has 0 spiro atoms. The zero-order chi connectivity index (χ0) is 5.98. The van der Waals surface area contributed by atoms with Crippen LogP contribution in [0.3, 0.4) is 0 Å². The Morgan fingerprint density at radius 2 is 2.50 bits per heavy atom. The molecule has 0 atom stereocenters. The van der Waals surface area contributed by atoms with Crippen molar-refractivity contribution in [3.63, 3.8) is 0 Å². The Kier molecular flexibility index (Phi) is 1.94. The quantitative estimate of drug-likeness (QED) is 0.447. The molecular weight excluding hydrogens is 213 g/mol. The van der Waals surface area contributed by atoms with Gasteiger partial charge in [0.1, 0.15) is 0 Å². The zero-order valence-corrected chi connectivity index (χ0v) is 6.92. The highest BCUT2D eigenvalue weighted by molar-refractivity contribution is 14.1. The Bertz CT molecular complexity index is 137. The second kappa shape index (κ2) is 2.53. The number of hydrogen-bond donors (Lipinski definition) is 0. The Labute approximate surface area is 63.6 Å². The van der Waals surface area contributed by atoms with Crippen molar-refractivity contribution in [1.82, 2.24) is 3.11 Å². The maximum absolute atomic E-state index is 2.28. The SMILES string of the molecule is CC1=CC=CN(I)C1. The number of nitrogens with zero attached hydrogens (tertiary/aromatic N) is 1. The molecule has 0 saturated carbocycles. The van der Waals surface area contributed by atoms with E-state index in [1.54, 1.807) is 0 Å². The molecule has 2 heteroatoms. The van der Waals surface area contributed by atoms with Crippen LogP contribution in [0, 0.1) is 0 Å². The molecule has 1 aliphatic heterocycles. The second-order valence-corrected chi connectivity index (χ2v) is 3.15. The summed E-state index contributed by atoms with van der Waals surface area (Å²) >= 11 is 2.28. The molecule has 0 aromatic carbocycles. The van der Waals surface area contributed by atoms with E-state index in [2.05, 4.69) is 51.3 Å². The van der Waals surface area contributed by atoms with Gasteiger partial charge in [-0.15, -0.1) is 0 Å². The molecule has 0 N–H and O–H groups in total. The standard InChI is InChI=1S/C6H8IN/c1-6-3-2-4-8(7)5-6/h2-4H,5H2,1H3. The molecule has 0 fully saturated rings. The molecule has 1 nitrogen and oxygen atoms in total. The maximum atomic E-state index is 2.28. The van der Waals surface area contributed by atoms with E-state index >= 15 is 0 Å². The van der Waals surface area contributed by atoms with Crippen LogP contribution < -0.4 is 0 Å².